The fourth-order valence-electron chi connectivity index (χ4n) is 3.77. The van der Waals surface area contributed by atoms with Gasteiger partial charge in [0.25, 0.3) is 0 Å². The van der Waals surface area contributed by atoms with Crippen molar-refractivity contribution in [3.8, 4) is 22.6 Å². The molecule has 0 saturated heterocycles. The number of aliphatic hydroxyl groups excluding tert-OH is 1. The number of hydrogen-bond acceptors (Lipinski definition) is 6. The lowest BCUT2D eigenvalue weighted by Crippen LogP contribution is -2.49. The summed E-state index contributed by atoms with van der Waals surface area (Å²) in [5, 5.41) is 9.71. The van der Waals surface area contributed by atoms with Gasteiger partial charge in [-0.25, -0.2) is 8.42 Å². The largest absolute Gasteiger partial charge is 0.497 e. The predicted molar refractivity (Wildman–Crippen MR) is 121 cm³/mol. The number of rotatable bonds is 6. The van der Waals surface area contributed by atoms with E-state index in [9.17, 15) is 13.5 Å². The van der Waals surface area contributed by atoms with Crippen LogP contribution in [-0.2, 0) is 10.0 Å². The standard InChI is InChI=1S/C23H32N2O5S/c1-16-13-25(17(2)15-26)31(27,28)23-11-8-19(18-6-9-20(29-5)10-7-18)12-21(23)30-22(16)14-24(3)4/h6-12,16-17,22,26H,13-15H2,1-5H3/t16-,17+,22+/m1/s1. The van der Waals surface area contributed by atoms with Gasteiger partial charge in [0.1, 0.15) is 22.5 Å². The van der Waals surface area contributed by atoms with Crippen LogP contribution in [0, 0.1) is 5.92 Å². The van der Waals surface area contributed by atoms with Crippen molar-refractivity contribution in [1.29, 1.82) is 0 Å². The minimum absolute atomic E-state index is 0.0658. The molecule has 3 rings (SSSR count). The maximum absolute atomic E-state index is 13.5. The third-order valence-electron chi connectivity index (χ3n) is 5.64. The topological polar surface area (TPSA) is 79.3 Å². The second kappa shape index (κ2) is 9.56. The number of aliphatic hydroxyl groups is 1. The van der Waals surface area contributed by atoms with Gasteiger partial charge in [0.2, 0.25) is 10.0 Å². The smallest absolute Gasteiger partial charge is 0.247 e. The molecule has 1 heterocycles. The first-order valence-corrected chi connectivity index (χ1v) is 11.8. The molecule has 0 bridgehead atoms. The van der Waals surface area contributed by atoms with Crippen LogP contribution in [0.2, 0.25) is 0 Å². The van der Waals surface area contributed by atoms with Crippen LogP contribution >= 0.6 is 0 Å². The van der Waals surface area contributed by atoms with Crippen LogP contribution in [0.1, 0.15) is 13.8 Å². The Morgan fingerprint density at radius 2 is 1.84 bits per heavy atom. The highest BCUT2D eigenvalue weighted by atomic mass is 32.2. The molecule has 0 saturated carbocycles. The second-order valence-electron chi connectivity index (χ2n) is 8.39. The zero-order chi connectivity index (χ0) is 22.8. The van der Waals surface area contributed by atoms with Gasteiger partial charge in [0, 0.05) is 25.0 Å². The molecule has 0 radical (unpaired) electrons. The second-order valence-corrected chi connectivity index (χ2v) is 10.3. The fraction of sp³-hybridized carbons (Fsp3) is 0.478. The molecule has 0 fully saturated rings. The van der Waals surface area contributed by atoms with Crippen LogP contribution < -0.4 is 9.47 Å². The molecule has 1 aliphatic rings. The highest BCUT2D eigenvalue weighted by molar-refractivity contribution is 7.89. The van der Waals surface area contributed by atoms with Crippen molar-refractivity contribution in [2.24, 2.45) is 5.92 Å². The Labute approximate surface area is 185 Å². The van der Waals surface area contributed by atoms with Crippen LogP contribution in [0.5, 0.6) is 11.5 Å². The number of fused-ring (bicyclic) bond motifs is 1. The number of benzene rings is 2. The summed E-state index contributed by atoms with van der Waals surface area (Å²) < 4.78 is 39.9. The van der Waals surface area contributed by atoms with Gasteiger partial charge in [-0.3, -0.25) is 0 Å². The van der Waals surface area contributed by atoms with E-state index in [4.69, 9.17) is 9.47 Å². The average Bonchev–Trinajstić information content (AvgIpc) is 2.75. The molecule has 0 unspecified atom stereocenters. The molecule has 2 aromatic carbocycles. The van der Waals surface area contributed by atoms with E-state index in [2.05, 4.69) is 0 Å². The molecule has 7 nitrogen and oxygen atoms in total. The van der Waals surface area contributed by atoms with Gasteiger partial charge in [0.05, 0.1) is 13.7 Å². The molecule has 1 aliphatic heterocycles. The summed E-state index contributed by atoms with van der Waals surface area (Å²) in [5.41, 5.74) is 1.79. The van der Waals surface area contributed by atoms with Gasteiger partial charge in [-0.1, -0.05) is 25.1 Å². The maximum Gasteiger partial charge on any atom is 0.247 e. The van der Waals surface area contributed by atoms with Crippen molar-refractivity contribution in [2.75, 3.05) is 40.9 Å². The number of methoxy groups -OCH3 is 1. The van der Waals surface area contributed by atoms with Gasteiger partial charge < -0.3 is 19.5 Å². The number of sulfonamides is 1. The van der Waals surface area contributed by atoms with Gasteiger partial charge in [-0.15, -0.1) is 0 Å². The summed E-state index contributed by atoms with van der Waals surface area (Å²) in [7, 11) is 1.71. The van der Waals surface area contributed by atoms with Gasteiger partial charge in [-0.2, -0.15) is 4.31 Å². The van der Waals surface area contributed by atoms with Gasteiger partial charge >= 0.3 is 0 Å². The summed E-state index contributed by atoms with van der Waals surface area (Å²) >= 11 is 0. The lowest BCUT2D eigenvalue weighted by molar-refractivity contribution is 0.0813. The van der Waals surface area contributed by atoms with E-state index in [-0.39, 0.29) is 30.1 Å². The molecule has 170 valence electrons. The Kier molecular flexibility index (Phi) is 7.26. The maximum atomic E-state index is 13.5. The van der Waals surface area contributed by atoms with Crippen LogP contribution in [0.15, 0.2) is 47.4 Å². The number of likely N-dealkylation sites (N-methyl/N-ethyl adjacent to an activating group) is 1. The average molecular weight is 449 g/mol. The Hall–Kier alpha value is -2.13. The minimum atomic E-state index is -3.83. The summed E-state index contributed by atoms with van der Waals surface area (Å²) in [6.07, 6.45) is -0.205. The number of ether oxygens (including phenoxy) is 2. The Bertz CT molecular complexity index is 992. The fourth-order valence-corrected chi connectivity index (χ4v) is 5.59. The van der Waals surface area contributed by atoms with Crippen LogP contribution in [0.25, 0.3) is 11.1 Å². The monoisotopic (exact) mass is 448 g/mol. The van der Waals surface area contributed by atoms with E-state index in [0.29, 0.717) is 12.3 Å². The first-order chi connectivity index (χ1) is 14.7. The summed E-state index contributed by atoms with van der Waals surface area (Å²) in [6.45, 7) is 4.39. The lowest BCUT2D eigenvalue weighted by atomic mass is 10.0. The number of nitrogens with zero attached hydrogens (tertiary/aromatic N) is 2. The highest BCUT2D eigenvalue weighted by Crippen LogP contribution is 2.36. The van der Waals surface area contributed by atoms with Crippen LogP contribution in [-0.4, -0.2) is 75.8 Å². The molecule has 0 aromatic heterocycles. The quantitative estimate of drug-likeness (QED) is 0.732. The molecule has 0 amide bonds. The molecule has 3 atom stereocenters. The summed E-state index contributed by atoms with van der Waals surface area (Å²) in [5.74, 6) is 1.02. The normalized spacial score (nSPS) is 22.2. The van der Waals surface area contributed by atoms with E-state index in [1.807, 2.05) is 50.2 Å². The van der Waals surface area contributed by atoms with Crippen molar-refractivity contribution >= 4 is 10.0 Å². The molecular formula is C23H32N2O5S. The van der Waals surface area contributed by atoms with E-state index in [1.54, 1.807) is 32.2 Å². The van der Waals surface area contributed by atoms with Crippen molar-refractivity contribution in [1.82, 2.24) is 9.21 Å². The predicted octanol–water partition coefficient (Wildman–Crippen LogP) is 2.69. The molecule has 2 aromatic rings. The van der Waals surface area contributed by atoms with E-state index >= 15 is 0 Å². The van der Waals surface area contributed by atoms with Crippen molar-refractivity contribution in [2.45, 2.75) is 30.9 Å². The van der Waals surface area contributed by atoms with Crippen molar-refractivity contribution in [3.63, 3.8) is 0 Å². The zero-order valence-electron chi connectivity index (χ0n) is 18.8. The number of hydrogen-bond donors (Lipinski definition) is 1. The molecule has 31 heavy (non-hydrogen) atoms. The van der Waals surface area contributed by atoms with Crippen molar-refractivity contribution < 1.29 is 23.0 Å². The Morgan fingerprint density at radius 1 is 1.19 bits per heavy atom. The molecule has 1 N–H and O–H groups in total. The zero-order valence-corrected chi connectivity index (χ0v) is 19.6. The molecule has 8 heteroatoms. The van der Waals surface area contributed by atoms with Crippen molar-refractivity contribution in [3.05, 3.63) is 42.5 Å². The Morgan fingerprint density at radius 3 is 2.42 bits per heavy atom. The third kappa shape index (κ3) is 5.03. The highest BCUT2D eigenvalue weighted by Gasteiger charge is 2.37. The molecule has 0 spiro atoms. The SMILES string of the molecule is COc1ccc(-c2ccc3c(c2)O[C@@H](CN(C)C)[C@H](C)CN([C@@H](C)CO)S3(=O)=O)cc1. The van der Waals surface area contributed by atoms with Gasteiger partial charge in [-0.05, 0) is 56.4 Å². The van der Waals surface area contributed by atoms with E-state index in [1.165, 1.54) is 4.31 Å². The van der Waals surface area contributed by atoms with Crippen LogP contribution in [0.3, 0.4) is 0 Å². The minimum Gasteiger partial charge on any atom is -0.497 e. The lowest BCUT2D eigenvalue weighted by Gasteiger charge is -2.37. The first kappa shape index (κ1) is 23.5. The van der Waals surface area contributed by atoms with Gasteiger partial charge in [0.15, 0.2) is 0 Å². The molecule has 0 aliphatic carbocycles. The first-order valence-electron chi connectivity index (χ1n) is 10.4. The Balaban J connectivity index is 2.12. The third-order valence-corrected chi connectivity index (χ3v) is 7.66. The van der Waals surface area contributed by atoms with Crippen LogP contribution in [0.4, 0.5) is 0 Å². The van der Waals surface area contributed by atoms with E-state index in [0.717, 1.165) is 16.9 Å². The van der Waals surface area contributed by atoms with E-state index < -0.39 is 16.1 Å². The molecular weight excluding hydrogens is 416 g/mol. The summed E-state index contributed by atoms with van der Waals surface area (Å²) in [4.78, 5) is 2.16. The summed E-state index contributed by atoms with van der Waals surface area (Å²) in [6, 6.07) is 12.2.